The lowest BCUT2D eigenvalue weighted by Gasteiger charge is -2.34. The molecule has 0 saturated carbocycles. The molecule has 0 spiro atoms. The van der Waals surface area contributed by atoms with E-state index in [1.54, 1.807) is 24.3 Å². The maximum atomic E-state index is 15.4. The average Bonchev–Trinajstić information content (AvgIpc) is 3.00. The van der Waals surface area contributed by atoms with Crippen LogP contribution in [0.5, 0.6) is 0 Å². The number of hydrogen-bond donors (Lipinski definition) is 2. The summed E-state index contributed by atoms with van der Waals surface area (Å²) < 4.78 is 30.8. The minimum atomic E-state index is -1.15. The first-order chi connectivity index (χ1) is 14.0. The maximum Gasteiger partial charge on any atom is 0.130 e. The van der Waals surface area contributed by atoms with E-state index in [2.05, 4.69) is 0 Å². The lowest BCUT2D eigenvalue weighted by Crippen LogP contribution is -2.31. The summed E-state index contributed by atoms with van der Waals surface area (Å²) in [6.07, 6.45) is 0. The number of rotatable bonds is 2. The van der Waals surface area contributed by atoms with Crippen LogP contribution in [0.15, 0.2) is 84.9 Å². The van der Waals surface area contributed by atoms with E-state index < -0.39 is 17.0 Å². The number of benzene rings is 4. The summed E-state index contributed by atoms with van der Waals surface area (Å²) in [6.45, 7) is 0. The number of hydrogen-bond acceptors (Lipinski definition) is 2. The molecular formula is C25H18F2N2. The van der Waals surface area contributed by atoms with Crippen molar-refractivity contribution in [1.82, 2.24) is 0 Å². The third-order valence-electron chi connectivity index (χ3n) is 5.75. The molecule has 0 radical (unpaired) electrons. The Kier molecular flexibility index (Phi) is 3.71. The van der Waals surface area contributed by atoms with Crippen LogP contribution in [-0.4, -0.2) is 0 Å². The van der Waals surface area contributed by atoms with Gasteiger partial charge in [0.25, 0.3) is 0 Å². The summed E-state index contributed by atoms with van der Waals surface area (Å²) >= 11 is 0. The predicted octanol–water partition coefficient (Wildman–Crippen LogP) is 5.49. The molecule has 0 saturated heterocycles. The van der Waals surface area contributed by atoms with Crippen molar-refractivity contribution in [3.8, 4) is 11.1 Å². The smallest absolute Gasteiger partial charge is 0.130 e. The lowest BCUT2D eigenvalue weighted by molar-refractivity contribution is 0.555. The molecule has 0 amide bonds. The van der Waals surface area contributed by atoms with E-state index in [1.165, 1.54) is 12.1 Å². The molecule has 1 aliphatic rings. The summed E-state index contributed by atoms with van der Waals surface area (Å²) in [7, 11) is 0. The summed E-state index contributed by atoms with van der Waals surface area (Å²) in [6, 6.07) is 24.7. The number of anilines is 2. The normalized spacial score (nSPS) is 13.7. The standard InChI is InChI=1S/C25H18F2N2/c26-23-13-15(28)9-11-21(23)25(22-12-10-16(29)14-24(22)27)19-7-3-1-5-17(19)18-6-2-4-8-20(18)25/h1-14H,28-29H2. The zero-order valence-electron chi connectivity index (χ0n) is 15.5. The highest BCUT2D eigenvalue weighted by Crippen LogP contribution is 2.57. The van der Waals surface area contributed by atoms with Gasteiger partial charge in [0.2, 0.25) is 0 Å². The van der Waals surface area contributed by atoms with E-state index in [1.807, 2.05) is 48.5 Å². The van der Waals surface area contributed by atoms with Gasteiger partial charge < -0.3 is 11.5 Å². The molecule has 1 aliphatic carbocycles. The second-order valence-electron chi connectivity index (χ2n) is 7.32. The van der Waals surface area contributed by atoms with Gasteiger partial charge in [-0.15, -0.1) is 0 Å². The molecule has 0 aromatic heterocycles. The molecular weight excluding hydrogens is 366 g/mol. The van der Waals surface area contributed by atoms with Gasteiger partial charge in [-0.25, -0.2) is 8.78 Å². The third kappa shape index (κ3) is 2.32. The van der Waals surface area contributed by atoms with Crippen LogP contribution < -0.4 is 11.5 Å². The van der Waals surface area contributed by atoms with E-state index in [9.17, 15) is 0 Å². The van der Waals surface area contributed by atoms with Crippen molar-refractivity contribution >= 4 is 11.4 Å². The minimum Gasteiger partial charge on any atom is -0.399 e. The Balaban J connectivity index is 2.00. The first kappa shape index (κ1) is 17.4. The van der Waals surface area contributed by atoms with Crippen LogP contribution in [-0.2, 0) is 5.41 Å². The van der Waals surface area contributed by atoms with Crippen molar-refractivity contribution < 1.29 is 8.78 Å². The van der Waals surface area contributed by atoms with Crippen LogP contribution in [0.25, 0.3) is 11.1 Å². The fourth-order valence-electron chi connectivity index (χ4n) is 4.63. The van der Waals surface area contributed by atoms with Crippen LogP contribution in [0.3, 0.4) is 0 Å². The van der Waals surface area contributed by atoms with Gasteiger partial charge in [-0.3, -0.25) is 0 Å². The number of fused-ring (bicyclic) bond motifs is 3. The second kappa shape index (κ2) is 6.17. The molecule has 4 N–H and O–H groups in total. The predicted molar refractivity (Wildman–Crippen MR) is 112 cm³/mol. The van der Waals surface area contributed by atoms with Gasteiger partial charge >= 0.3 is 0 Å². The monoisotopic (exact) mass is 384 g/mol. The van der Waals surface area contributed by atoms with E-state index in [-0.39, 0.29) is 0 Å². The fourth-order valence-corrected chi connectivity index (χ4v) is 4.63. The number of halogens is 2. The Morgan fingerprint density at radius 3 is 1.34 bits per heavy atom. The molecule has 4 heteroatoms. The summed E-state index contributed by atoms with van der Waals surface area (Å²) in [4.78, 5) is 0. The van der Waals surface area contributed by atoms with Gasteiger partial charge in [-0.05, 0) is 46.5 Å². The zero-order chi connectivity index (χ0) is 20.2. The largest absolute Gasteiger partial charge is 0.399 e. The molecule has 0 heterocycles. The number of nitrogens with two attached hydrogens (primary N) is 2. The summed E-state index contributed by atoms with van der Waals surface area (Å²) in [5, 5.41) is 0. The van der Waals surface area contributed by atoms with Crippen LogP contribution >= 0.6 is 0 Å². The maximum absolute atomic E-state index is 15.4. The average molecular weight is 384 g/mol. The Morgan fingerprint density at radius 1 is 0.517 bits per heavy atom. The van der Waals surface area contributed by atoms with Crippen LogP contribution in [0.1, 0.15) is 22.3 Å². The van der Waals surface area contributed by atoms with Gasteiger partial charge in [-0.2, -0.15) is 0 Å². The fraction of sp³-hybridized carbons (Fsp3) is 0.0400. The first-order valence-electron chi connectivity index (χ1n) is 9.34. The van der Waals surface area contributed by atoms with Crippen molar-refractivity contribution in [2.24, 2.45) is 0 Å². The van der Waals surface area contributed by atoms with E-state index in [4.69, 9.17) is 11.5 Å². The summed E-state index contributed by atoms with van der Waals surface area (Å²) in [5.74, 6) is -0.958. The molecule has 2 nitrogen and oxygen atoms in total. The van der Waals surface area contributed by atoms with Gasteiger partial charge in [-0.1, -0.05) is 60.7 Å². The quantitative estimate of drug-likeness (QED) is 0.395. The molecule has 0 fully saturated rings. The van der Waals surface area contributed by atoms with Crippen molar-refractivity contribution in [2.75, 3.05) is 11.5 Å². The Hall–Kier alpha value is -3.66. The van der Waals surface area contributed by atoms with E-state index >= 15 is 8.78 Å². The van der Waals surface area contributed by atoms with Gasteiger partial charge in [0.05, 0.1) is 5.41 Å². The lowest BCUT2D eigenvalue weighted by atomic mass is 9.67. The van der Waals surface area contributed by atoms with Crippen molar-refractivity contribution in [1.29, 1.82) is 0 Å². The Morgan fingerprint density at radius 2 is 0.931 bits per heavy atom. The highest BCUT2D eigenvalue weighted by Gasteiger charge is 2.48. The molecule has 0 aliphatic heterocycles. The topological polar surface area (TPSA) is 52.0 Å². The highest BCUT2D eigenvalue weighted by atomic mass is 19.1. The third-order valence-corrected chi connectivity index (χ3v) is 5.75. The molecule has 29 heavy (non-hydrogen) atoms. The molecule has 4 aromatic carbocycles. The summed E-state index contributed by atoms with van der Waals surface area (Å²) in [5.41, 5.74) is 15.4. The molecule has 0 atom stereocenters. The van der Waals surface area contributed by atoms with Crippen LogP contribution in [0.4, 0.5) is 20.2 Å². The van der Waals surface area contributed by atoms with Crippen molar-refractivity contribution in [3.05, 3.63) is 119 Å². The van der Waals surface area contributed by atoms with Crippen molar-refractivity contribution in [3.63, 3.8) is 0 Å². The SMILES string of the molecule is Nc1ccc(C2(c3ccc(N)cc3F)c3ccccc3-c3ccccc32)c(F)c1. The van der Waals surface area contributed by atoms with Crippen LogP contribution in [0.2, 0.25) is 0 Å². The first-order valence-corrected chi connectivity index (χ1v) is 9.34. The van der Waals surface area contributed by atoms with Gasteiger partial charge in [0.15, 0.2) is 0 Å². The Bertz CT molecular complexity index is 1160. The van der Waals surface area contributed by atoms with Crippen molar-refractivity contribution in [2.45, 2.75) is 5.41 Å². The van der Waals surface area contributed by atoms with E-state index in [0.717, 1.165) is 22.3 Å². The Labute approximate surface area is 167 Å². The molecule has 4 aromatic rings. The zero-order valence-corrected chi connectivity index (χ0v) is 15.5. The number of nitrogen functional groups attached to an aromatic ring is 2. The van der Waals surface area contributed by atoms with E-state index in [0.29, 0.717) is 22.5 Å². The molecule has 5 rings (SSSR count). The van der Waals surface area contributed by atoms with Gasteiger partial charge in [0, 0.05) is 22.5 Å². The van der Waals surface area contributed by atoms with Gasteiger partial charge in [0.1, 0.15) is 11.6 Å². The molecule has 0 unspecified atom stereocenters. The second-order valence-corrected chi connectivity index (χ2v) is 7.32. The minimum absolute atomic E-state index is 0.318. The highest BCUT2D eigenvalue weighted by molar-refractivity contribution is 5.86. The van der Waals surface area contributed by atoms with Crippen LogP contribution in [0, 0.1) is 11.6 Å². The molecule has 142 valence electrons. The molecule has 0 bridgehead atoms.